The number of aryl methyl sites for hydroxylation is 1. The second-order valence-electron chi connectivity index (χ2n) is 4.75. The van der Waals surface area contributed by atoms with Crippen molar-refractivity contribution in [2.75, 3.05) is 11.9 Å². The molecule has 2 nitrogen and oxygen atoms in total. The second-order valence-corrected chi connectivity index (χ2v) is 5.19. The van der Waals surface area contributed by atoms with Gasteiger partial charge in [0.1, 0.15) is 4.99 Å². The Morgan fingerprint density at radius 1 is 1.05 bits per heavy atom. The van der Waals surface area contributed by atoms with Crippen LogP contribution in [0.15, 0.2) is 48.5 Å². The summed E-state index contributed by atoms with van der Waals surface area (Å²) in [6.45, 7) is 2.98. The van der Waals surface area contributed by atoms with E-state index in [1.807, 2.05) is 24.3 Å². The van der Waals surface area contributed by atoms with Crippen LogP contribution in [0.2, 0.25) is 0 Å². The number of benzene rings is 2. The largest absolute Gasteiger partial charge is 0.389 e. The Hall–Kier alpha value is -1.87. The van der Waals surface area contributed by atoms with Gasteiger partial charge in [-0.05, 0) is 36.8 Å². The normalized spacial score (nSPS) is 10.2. The van der Waals surface area contributed by atoms with Crippen LogP contribution in [-0.4, -0.2) is 12.0 Å². The third kappa shape index (κ3) is 3.55. The van der Waals surface area contributed by atoms with E-state index in [4.69, 9.17) is 18.0 Å². The molecule has 0 heterocycles. The molecule has 0 unspecified atom stereocenters. The van der Waals surface area contributed by atoms with Crippen LogP contribution in [0.3, 0.4) is 0 Å². The first kappa shape index (κ1) is 13.6. The monoisotopic (exact) mass is 270 g/mol. The summed E-state index contributed by atoms with van der Waals surface area (Å²) in [6, 6.07) is 16.6. The molecule has 3 heteroatoms. The zero-order valence-electron chi connectivity index (χ0n) is 11.3. The van der Waals surface area contributed by atoms with E-state index in [0.717, 1.165) is 17.8 Å². The van der Waals surface area contributed by atoms with Gasteiger partial charge in [0.2, 0.25) is 0 Å². The smallest absolute Gasteiger partial charge is 0.103 e. The topological polar surface area (TPSA) is 29.3 Å². The van der Waals surface area contributed by atoms with E-state index in [2.05, 4.69) is 43.1 Å². The van der Waals surface area contributed by atoms with Gasteiger partial charge in [0.15, 0.2) is 0 Å². The molecule has 0 aliphatic heterocycles. The SMILES string of the molecule is Cc1ccc(CN(C)c2ccc(C(N)=S)cc2)cc1. The zero-order valence-corrected chi connectivity index (χ0v) is 12.1. The standard InChI is InChI=1S/C16H18N2S/c1-12-3-5-13(6-4-12)11-18(2)15-9-7-14(8-10-15)16(17)19/h3-10H,11H2,1-2H3,(H2,17,19). The average molecular weight is 270 g/mol. The van der Waals surface area contributed by atoms with Crippen molar-refractivity contribution in [3.05, 3.63) is 65.2 Å². The lowest BCUT2D eigenvalue weighted by Crippen LogP contribution is -2.16. The van der Waals surface area contributed by atoms with Gasteiger partial charge < -0.3 is 10.6 Å². The van der Waals surface area contributed by atoms with Crippen LogP contribution in [0, 0.1) is 6.92 Å². The van der Waals surface area contributed by atoms with Crippen molar-refractivity contribution in [1.82, 2.24) is 0 Å². The Labute approximate surface area is 119 Å². The van der Waals surface area contributed by atoms with Crippen LogP contribution >= 0.6 is 12.2 Å². The summed E-state index contributed by atoms with van der Waals surface area (Å²) in [7, 11) is 2.08. The Morgan fingerprint density at radius 3 is 2.16 bits per heavy atom. The first-order valence-electron chi connectivity index (χ1n) is 6.23. The highest BCUT2D eigenvalue weighted by Crippen LogP contribution is 2.16. The number of hydrogen-bond donors (Lipinski definition) is 1. The zero-order chi connectivity index (χ0) is 13.8. The van der Waals surface area contributed by atoms with E-state index in [-0.39, 0.29) is 0 Å². The molecule has 0 aliphatic carbocycles. The van der Waals surface area contributed by atoms with Gasteiger partial charge in [0.05, 0.1) is 0 Å². The van der Waals surface area contributed by atoms with Crippen molar-refractivity contribution in [1.29, 1.82) is 0 Å². The lowest BCUT2D eigenvalue weighted by atomic mass is 10.1. The molecule has 2 rings (SSSR count). The number of thiocarbonyl (C=S) groups is 1. The number of nitrogens with two attached hydrogens (primary N) is 1. The molecule has 0 amide bonds. The molecule has 0 atom stereocenters. The van der Waals surface area contributed by atoms with Crippen LogP contribution in [-0.2, 0) is 6.54 Å². The summed E-state index contributed by atoms with van der Waals surface area (Å²) < 4.78 is 0. The maximum Gasteiger partial charge on any atom is 0.103 e. The molecule has 0 saturated carbocycles. The predicted molar refractivity (Wildman–Crippen MR) is 85.6 cm³/mol. The van der Waals surface area contributed by atoms with E-state index < -0.39 is 0 Å². The summed E-state index contributed by atoms with van der Waals surface area (Å²) in [6.07, 6.45) is 0. The van der Waals surface area contributed by atoms with Gasteiger partial charge >= 0.3 is 0 Å². The quantitative estimate of drug-likeness (QED) is 0.865. The van der Waals surface area contributed by atoms with Gasteiger partial charge in [-0.1, -0.05) is 42.0 Å². The molecule has 0 aliphatic rings. The molecule has 19 heavy (non-hydrogen) atoms. The number of nitrogens with zero attached hydrogens (tertiary/aromatic N) is 1. The molecule has 0 radical (unpaired) electrons. The number of rotatable bonds is 4. The maximum absolute atomic E-state index is 5.60. The molecule has 0 spiro atoms. The van der Waals surface area contributed by atoms with Crippen molar-refractivity contribution in [2.24, 2.45) is 5.73 Å². The molecule has 0 bridgehead atoms. The molecule has 2 aromatic rings. The molecular formula is C16H18N2S. The van der Waals surface area contributed by atoms with E-state index in [0.29, 0.717) is 4.99 Å². The fraction of sp³-hybridized carbons (Fsp3) is 0.188. The summed E-state index contributed by atoms with van der Waals surface area (Å²) in [5, 5.41) is 0. The highest BCUT2D eigenvalue weighted by molar-refractivity contribution is 7.80. The van der Waals surface area contributed by atoms with Gasteiger partial charge in [-0.15, -0.1) is 0 Å². The minimum absolute atomic E-state index is 0.438. The van der Waals surface area contributed by atoms with Gasteiger partial charge in [0.25, 0.3) is 0 Å². The van der Waals surface area contributed by atoms with Crippen molar-refractivity contribution in [3.63, 3.8) is 0 Å². The second kappa shape index (κ2) is 5.85. The fourth-order valence-corrected chi connectivity index (χ4v) is 2.07. The molecule has 2 N–H and O–H groups in total. The summed E-state index contributed by atoms with van der Waals surface area (Å²) in [5.74, 6) is 0. The van der Waals surface area contributed by atoms with Crippen LogP contribution in [0.4, 0.5) is 5.69 Å². The van der Waals surface area contributed by atoms with Crippen molar-refractivity contribution >= 4 is 22.9 Å². The van der Waals surface area contributed by atoms with Crippen molar-refractivity contribution in [2.45, 2.75) is 13.5 Å². The minimum Gasteiger partial charge on any atom is -0.389 e. The Bertz CT molecular complexity index is 558. The Morgan fingerprint density at radius 2 is 1.63 bits per heavy atom. The van der Waals surface area contributed by atoms with E-state index >= 15 is 0 Å². The van der Waals surface area contributed by atoms with Crippen LogP contribution in [0.1, 0.15) is 16.7 Å². The fourth-order valence-electron chi connectivity index (χ4n) is 1.94. The molecule has 0 fully saturated rings. The van der Waals surface area contributed by atoms with Gasteiger partial charge in [-0.3, -0.25) is 0 Å². The predicted octanol–water partition coefficient (Wildman–Crippen LogP) is 3.27. The van der Waals surface area contributed by atoms with Crippen LogP contribution in [0.5, 0.6) is 0 Å². The summed E-state index contributed by atoms with van der Waals surface area (Å²) in [4.78, 5) is 2.64. The maximum atomic E-state index is 5.60. The van der Waals surface area contributed by atoms with Crippen LogP contribution < -0.4 is 10.6 Å². The molecule has 98 valence electrons. The number of anilines is 1. The van der Waals surface area contributed by atoms with E-state index in [1.165, 1.54) is 11.1 Å². The van der Waals surface area contributed by atoms with E-state index in [9.17, 15) is 0 Å². The lowest BCUT2D eigenvalue weighted by molar-refractivity contribution is 0.922. The van der Waals surface area contributed by atoms with Gasteiger partial charge in [-0.25, -0.2) is 0 Å². The third-order valence-electron chi connectivity index (χ3n) is 3.13. The Balaban J connectivity index is 2.09. The van der Waals surface area contributed by atoms with Crippen molar-refractivity contribution < 1.29 is 0 Å². The summed E-state index contributed by atoms with van der Waals surface area (Å²) in [5.41, 5.74) is 10.2. The highest BCUT2D eigenvalue weighted by atomic mass is 32.1. The summed E-state index contributed by atoms with van der Waals surface area (Å²) >= 11 is 4.95. The molecular weight excluding hydrogens is 252 g/mol. The molecule has 0 aromatic heterocycles. The highest BCUT2D eigenvalue weighted by Gasteiger charge is 2.03. The Kier molecular flexibility index (Phi) is 4.17. The first-order valence-corrected chi connectivity index (χ1v) is 6.63. The number of hydrogen-bond acceptors (Lipinski definition) is 2. The van der Waals surface area contributed by atoms with Gasteiger partial charge in [-0.2, -0.15) is 0 Å². The van der Waals surface area contributed by atoms with E-state index in [1.54, 1.807) is 0 Å². The minimum atomic E-state index is 0.438. The third-order valence-corrected chi connectivity index (χ3v) is 3.37. The molecule has 2 aromatic carbocycles. The van der Waals surface area contributed by atoms with Crippen LogP contribution in [0.25, 0.3) is 0 Å². The molecule has 0 saturated heterocycles. The first-order chi connectivity index (χ1) is 9.06. The van der Waals surface area contributed by atoms with Gasteiger partial charge in [0, 0.05) is 24.8 Å². The van der Waals surface area contributed by atoms with Crippen molar-refractivity contribution in [3.8, 4) is 0 Å². The lowest BCUT2D eigenvalue weighted by Gasteiger charge is -2.19. The average Bonchev–Trinajstić information content (AvgIpc) is 2.41.